The summed E-state index contributed by atoms with van der Waals surface area (Å²) >= 11 is 0. The van der Waals surface area contributed by atoms with Gasteiger partial charge in [-0.3, -0.25) is 0 Å². The van der Waals surface area contributed by atoms with Gasteiger partial charge in [0.1, 0.15) is 18.0 Å². The molecule has 2 rings (SSSR count). The number of hydrogen-bond donors (Lipinski definition) is 1. The van der Waals surface area contributed by atoms with Crippen LogP contribution in [0.25, 0.3) is 0 Å². The van der Waals surface area contributed by atoms with Gasteiger partial charge >= 0.3 is 0 Å². The van der Waals surface area contributed by atoms with E-state index in [9.17, 15) is 0 Å². The Hall–Kier alpha value is -1.32. The van der Waals surface area contributed by atoms with Crippen molar-refractivity contribution in [1.82, 2.24) is 9.97 Å². The van der Waals surface area contributed by atoms with Crippen molar-refractivity contribution in [1.29, 1.82) is 0 Å². The van der Waals surface area contributed by atoms with Crippen LogP contribution in [0.15, 0.2) is 6.33 Å². The molecule has 0 aromatic carbocycles. The average Bonchev–Trinajstić information content (AvgIpc) is 2.74. The van der Waals surface area contributed by atoms with E-state index in [1.807, 2.05) is 0 Å². The predicted octanol–water partition coefficient (Wildman–Crippen LogP) is 1.61. The average molecular weight is 206 g/mol. The van der Waals surface area contributed by atoms with E-state index in [-0.39, 0.29) is 0 Å². The molecule has 1 aliphatic heterocycles. The van der Waals surface area contributed by atoms with Gasteiger partial charge < -0.3 is 10.6 Å². The highest BCUT2D eigenvalue weighted by molar-refractivity contribution is 5.57. The predicted molar refractivity (Wildman–Crippen MR) is 61.9 cm³/mol. The summed E-state index contributed by atoms with van der Waals surface area (Å²) in [6, 6.07) is 0. The quantitative estimate of drug-likeness (QED) is 0.816. The van der Waals surface area contributed by atoms with Gasteiger partial charge in [0.2, 0.25) is 0 Å². The first-order valence-corrected chi connectivity index (χ1v) is 5.67. The minimum absolute atomic E-state index is 0.647. The van der Waals surface area contributed by atoms with Crippen LogP contribution in [0.3, 0.4) is 0 Å². The number of anilines is 2. The van der Waals surface area contributed by atoms with Crippen molar-refractivity contribution in [3.8, 4) is 0 Å². The lowest BCUT2D eigenvalue weighted by Gasteiger charge is -2.20. The van der Waals surface area contributed by atoms with E-state index in [0.29, 0.717) is 5.82 Å². The highest BCUT2D eigenvalue weighted by Gasteiger charge is 2.18. The third-order valence-corrected chi connectivity index (χ3v) is 2.86. The molecule has 0 radical (unpaired) electrons. The number of hydrogen-bond acceptors (Lipinski definition) is 4. The van der Waals surface area contributed by atoms with E-state index in [4.69, 9.17) is 5.73 Å². The summed E-state index contributed by atoms with van der Waals surface area (Å²) in [4.78, 5) is 10.8. The topological polar surface area (TPSA) is 55.0 Å². The zero-order chi connectivity index (χ0) is 10.7. The van der Waals surface area contributed by atoms with Crippen LogP contribution in [0, 0.1) is 0 Å². The molecule has 0 atom stereocenters. The Labute approximate surface area is 90.5 Å². The summed E-state index contributed by atoms with van der Waals surface area (Å²) in [5.74, 6) is 1.70. The van der Waals surface area contributed by atoms with Crippen LogP contribution in [0.4, 0.5) is 11.6 Å². The molecule has 1 saturated heterocycles. The van der Waals surface area contributed by atoms with Crippen molar-refractivity contribution in [2.45, 2.75) is 32.6 Å². The van der Waals surface area contributed by atoms with Gasteiger partial charge in [-0.1, -0.05) is 13.3 Å². The molecule has 1 aromatic rings. The van der Waals surface area contributed by atoms with Gasteiger partial charge in [-0.15, -0.1) is 0 Å². The Morgan fingerprint density at radius 2 is 2.07 bits per heavy atom. The lowest BCUT2D eigenvalue weighted by molar-refractivity contribution is 0.861. The largest absolute Gasteiger partial charge is 0.383 e. The van der Waals surface area contributed by atoms with Crippen LogP contribution < -0.4 is 10.6 Å². The molecule has 2 heterocycles. The first-order chi connectivity index (χ1) is 7.33. The molecule has 1 aromatic heterocycles. The lowest BCUT2D eigenvalue weighted by atomic mass is 10.1. The maximum Gasteiger partial charge on any atom is 0.137 e. The van der Waals surface area contributed by atoms with Crippen LogP contribution in [0.5, 0.6) is 0 Å². The van der Waals surface area contributed by atoms with Crippen molar-refractivity contribution in [2.75, 3.05) is 23.7 Å². The Bertz CT molecular complexity index is 331. The molecule has 0 aliphatic carbocycles. The third-order valence-electron chi connectivity index (χ3n) is 2.86. The van der Waals surface area contributed by atoms with Crippen molar-refractivity contribution < 1.29 is 0 Å². The van der Waals surface area contributed by atoms with E-state index in [2.05, 4.69) is 21.8 Å². The second kappa shape index (κ2) is 4.47. The molecule has 0 amide bonds. The van der Waals surface area contributed by atoms with Crippen LogP contribution in [-0.4, -0.2) is 23.1 Å². The van der Waals surface area contributed by atoms with Gasteiger partial charge in [-0.2, -0.15) is 0 Å². The fraction of sp³-hybridized carbons (Fsp3) is 0.636. The van der Waals surface area contributed by atoms with Crippen molar-refractivity contribution in [2.24, 2.45) is 0 Å². The van der Waals surface area contributed by atoms with E-state index in [1.165, 1.54) is 12.8 Å². The minimum Gasteiger partial charge on any atom is -0.383 e. The van der Waals surface area contributed by atoms with Gasteiger partial charge in [0.25, 0.3) is 0 Å². The Kier molecular flexibility index (Phi) is 3.04. The standard InChI is InChI=1S/C11H18N4/c1-2-5-9-10(12)13-8-14-11(9)15-6-3-4-7-15/h8H,2-7H2,1H3,(H2,12,13,14). The lowest BCUT2D eigenvalue weighted by Crippen LogP contribution is -2.21. The zero-order valence-corrected chi connectivity index (χ0v) is 9.24. The molecule has 1 fully saturated rings. The summed E-state index contributed by atoms with van der Waals surface area (Å²) in [5, 5.41) is 0. The maximum atomic E-state index is 5.90. The molecule has 82 valence electrons. The minimum atomic E-state index is 0.647. The van der Waals surface area contributed by atoms with Gasteiger partial charge in [0.15, 0.2) is 0 Å². The van der Waals surface area contributed by atoms with Crippen molar-refractivity contribution >= 4 is 11.6 Å². The molecular formula is C11H18N4. The molecule has 0 unspecified atom stereocenters. The van der Waals surface area contributed by atoms with Gasteiger partial charge in [0, 0.05) is 18.7 Å². The first-order valence-electron chi connectivity index (χ1n) is 5.67. The van der Waals surface area contributed by atoms with Crippen LogP contribution in [0.2, 0.25) is 0 Å². The smallest absolute Gasteiger partial charge is 0.137 e. The summed E-state index contributed by atoms with van der Waals surface area (Å²) < 4.78 is 0. The van der Waals surface area contributed by atoms with Gasteiger partial charge in [0.05, 0.1) is 0 Å². The highest BCUT2D eigenvalue weighted by atomic mass is 15.2. The molecule has 1 aliphatic rings. The maximum absolute atomic E-state index is 5.90. The number of rotatable bonds is 3. The van der Waals surface area contributed by atoms with Crippen LogP contribution in [-0.2, 0) is 6.42 Å². The van der Waals surface area contributed by atoms with Crippen LogP contribution in [0.1, 0.15) is 31.7 Å². The van der Waals surface area contributed by atoms with Crippen LogP contribution >= 0.6 is 0 Å². The summed E-state index contributed by atoms with van der Waals surface area (Å²) in [6.45, 7) is 4.36. The van der Waals surface area contributed by atoms with E-state index >= 15 is 0 Å². The van der Waals surface area contributed by atoms with E-state index < -0.39 is 0 Å². The SMILES string of the molecule is CCCc1c(N)ncnc1N1CCCC1. The Balaban J connectivity index is 2.31. The van der Waals surface area contributed by atoms with E-state index in [0.717, 1.165) is 37.3 Å². The fourth-order valence-corrected chi connectivity index (χ4v) is 2.11. The highest BCUT2D eigenvalue weighted by Crippen LogP contribution is 2.25. The summed E-state index contributed by atoms with van der Waals surface area (Å²) in [6.07, 6.45) is 6.14. The molecule has 4 nitrogen and oxygen atoms in total. The first kappa shape index (κ1) is 10.2. The fourth-order valence-electron chi connectivity index (χ4n) is 2.11. The number of nitrogen functional groups attached to an aromatic ring is 1. The summed E-state index contributed by atoms with van der Waals surface area (Å²) in [7, 11) is 0. The summed E-state index contributed by atoms with van der Waals surface area (Å²) in [5.41, 5.74) is 7.02. The molecule has 2 N–H and O–H groups in total. The Morgan fingerprint density at radius 1 is 1.33 bits per heavy atom. The van der Waals surface area contributed by atoms with Gasteiger partial charge in [-0.05, 0) is 19.3 Å². The van der Waals surface area contributed by atoms with Crippen molar-refractivity contribution in [3.63, 3.8) is 0 Å². The molecule has 0 bridgehead atoms. The van der Waals surface area contributed by atoms with Gasteiger partial charge in [-0.25, -0.2) is 9.97 Å². The monoisotopic (exact) mass is 206 g/mol. The number of nitrogens with two attached hydrogens (primary N) is 1. The second-order valence-electron chi connectivity index (χ2n) is 4.01. The molecule has 4 heteroatoms. The molecule has 0 saturated carbocycles. The molecule has 0 spiro atoms. The number of nitrogens with zero attached hydrogens (tertiary/aromatic N) is 3. The van der Waals surface area contributed by atoms with Crippen molar-refractivity contribution in [3.05, 3.63) is 11.9 Å². The molecule has 15 heavy (non-hydrogen) atoms. The number of aromatic nitrogens is 2. The normalized spacial score (nSPS) is 15.9. The molecular weight excluding hydrogens is 188 g/mol. The Morgan fingerprint density at radius 3 is 2.73 bits per heavy atom. The second-order valence-corrected chi connectivity index (χ2v) is 4.01. The zero-order valence-electron chi connectivity index (χ0n) is 9.24. The third kappa shape index (κ3) is 2.03. The van der Waals surface area contributed by atoms with E-state index in [1.54, 1.807) is 6.33 Å².